The third-order valence-corrected chi connectivity index (χ3v) is 4.59. The van der Waals surface area contributed by atoms with Gasteiger partial charge in [-0.1, -0.05) is 31.2 Å². The van der Waals surface area contributed by atoms with Gasteiger partial charge in [0.25, 0.3) is 0 Å². The Morgan fingerprint density at radius 1 is 1.23 bits per heavy atom. The van der Waals surface area contributed by atoms with Crippen LogP contribution in [0.1, 0.15) is 25.1 Å². The van der Waals surface area contributed by atoms with Crippen molar-refractivity contribution in [3.05, 3.63) is 66.2 Å². The van der Waals surface area contributed by atoms with E-state index in [0.717, 1.165) is 11.3 Å². The Morgan fingerprint density at radius 2 is 2.04 bits per heavy atom. The minimum absolute atomic E-state index is 0.0369. The Hall–Kier alpha value is -2.67. The van der Waals surface area contributed by atoms with Gasteiger partial charge in [-0.25, -0.2) is 4.68 Å². The molecule has 0 atom stereocenters. The maximum atomic E-state index is 12.1. The summed E-state index contributed by atoms with van der Waals surface area (Å²) in [5.41, 5.74) is 2.53. The SMILES string of the molecule is CC(C)Sc1ccc(CC(=O)NCc2cn(-c3cccnc3)nn2)cc1. The van der Waals surface area contributed by atoms with E-state index >= 15 is 0 Å². The first-order valence-electron chi connectivity index (χ1n) is 8.44. The van der Waals surface area contributed by atoms with Crippen molar-refractivity contribution in [1.29, 1.82) is 0 Å². The highest BCUT2D eigenvalue weighted by atomic mass is 32.2. The molecule has 0 fully saturated rings. The molecule has 0 aliphatic rings. The summed E-state index contributed by atoms with van der Waals surface area (Å²) >= 11 is 1.81. The fourth-order valence-electron chi connectivity index (χ4n) is 2.39. The molecular weight excluding hydrogens is 346 g/mol. The van der Waals surface area contributed by atoms with E-state index in [1.54, 1.807) is 23.3 Å². The third kappa shape index (κ3) is 5.16. The predicted molar refractivity (Wildman–Crippen MR) is 102 cm³/mol. The molecule has 2 aromatic heterocycles. The van der Waals surface area contributed by atoms with E-state index in [0.29, 0.717) is 23.9 Å². The van der Waals surface area contributed by atoms with Gasteiger partial charge in [-0.15, -0.1) is 16.9 Å². The fourth-order valence-corrected chi connectivity index (χ4v) is 3.23. The van der Waals surface area contributed by atoms with Gasteiger partial charge >= 0.3 is 0 Å². The number of nitrogens with one attached hydrogen (secondary N) is 1. The number of pyridine rings is 1. The van der Waals surface area contributed by atoms with Crippen molar-refractivity contribution in [2.24, 2.45) is 0 Å². The molecular formula is C19H21N5OS. The number of carbonyl (C=O) groups is 1. The van der Waals surface area contributed by atoms with Gasteiger partial charge in [0.1, 0.15) is 5.69 Å². The zero-order valence-corrected chi connectivity index (χ0v) is 15.6. The normalized spacial score (nSPS) is 10.9. The molecule has 0 aliphatic carbocycles. The van der Waals surface area contributed by atoms with Crippen molar-refractivity contribution >= 4 is 17.7 Å². The highest BCUT2D eigenvalue weighted by Crippen LogP contribution is 2.22. The van der Waals surface area contributed by atoms with Crippen LogP contribution in [0.25, 0.3) is 5.69 Å². The number of thioether (sulfide) groups is 1. The molecule has 2 heterocycles. The second kappa shape index (κ2) is 8.62. The quantitative estimate of drug-likeness (QED) is 0.650. The molecule has 134 valence electrons. The van der Waals surface area contributed by atoms with Crippen molar-refractivity contribution < 1.29 is 4.79 Å². The van der Waals surface area contributed by atoms with Crippen LogP contribution in [-0.2, 0) is 17.8 Å². The largest absolute Gasteiger partial charge is 0.350 e. The molecule has 26 heavy (non-hydrogen) atoms. The molecule has 0 radical (unpaired) electrons. The van der Waals surface area contributed by atoms with Crippen LogP contribution in [0.3, 0.4) is 0 Å². The van der Waals surface area contributed by atoms with Gasteiger partial charge in [0, 0.05) is 16.3 Å². The first-order valence-corrected chi connectivity index (χ1v) is 9.32. The van der Waals surface area contributed by atoms with Crippen LogP contribution in [0.5, 0.6) is 0 Å². The number of hydrogen-bond acceptors (Lipinski definition) is 5. The predicted octanol–water partition coefficient (Wildman–Crippen LogP) is 3.02. The van der Waals surface area contributed by atoms with Gasteiger partial charge in [0.05, 0.1) is 31.0 Å². The molecule has 3 aromatic rings. The average Bonchev–Trinajstić information content (AvgIpc) is 3.11. The Labute approximate surface area is 157 Å². The first kappa shape index (κ1) is 18.1. The topological polar surface area (TPSA) is 72.7 Å². The van der Waals surface area contributed by atoms with Gasteiger partial charge in [0.2, 0.25) is 5.91 Å². The Kier molecular flexibility index (Phi) is 6.01. The molecule has 3 rings (SSSR count). The van der Waals surface area contributed by atoms with E-state index in [9.17, 15) is 4.79 Å². The zero-order valence-electron chi connectivity index (χ0n) is 14.8. The fraction of sp³-hybridized carbons (Fsp3) is 0.263. The average molecular weight is 367 g/mol. The van der Waals surface area contributed by atoms with E-state index in [1.165, 1.54) is 4.90 Å². The molecule has 6 nitrogen and oxygen atoms in total. The van der Waals surface area contributed by atoms with Crippen molar-refractivity contribution in [2.75, 3.05) is 0 Å². The number of hydrogen-bond donors (Lipinski definition) is 1. The molecule has 0 spiro atoms. The summed E-state index contributed by atoms with van der Waals surface area (Å²) in [4.78, 5) is 17.4. The Balaban J connectivity index is 1.50. The summed E-state index contributed by atoms with van der Waals surface area (Å²) < 4.78 is 1.64. The summed E-state index contributed by atoms with van der Waals surface area (Å²) in [5, 5.41) is 11.6. The molecule has 0 saturated carbocycles. The van der Waals surface area contributed by atoms with E-state index in [2.05, 4.69) is 46.6 Å². The van der Waals surface area contributed by atoms with Crippen LogP contribution < -0.4 is 5.32 Å². The van der Waals surface area contributed by atoms with Gasteiger partial charge in [-0.05, 0) is 29.8 Å². The molecule has 1 amide bonds. The second-order valence-electron chi connectivity index (χ2n) is 6.13. The highest BCUT2D eigenvalue weighted by molar-refractivity contribution is 7.99. The lowest BCUT2D eigenvalue weighted by Crippen LogP contribution is -2.24. The Morgan fingerprint density at radius 3 is 2.73 bits per heavy atom. The lowest BCUT2D eigenvalue weighted by atomic mass is 10.1. The number of nitrogens with zero attached hydrogens (tertiary/aromatic N) is 4. The number of carbonyl (C=O) groups excluding carboxylic acids is 1. The van der Waals surface area contributed by atoms with E-state index in [4.69, 9.17) is 0 Å². The maximum Gasteiger partial charge on any atom is 0.224 e. The number of amides is 1. The summed E-state index contributed by atoms with van der Waals surface area (Å²) in [7, 11) is 0. The van der Waals surface area contributed by atoms with Crippen molar-refractivity contribution in [3.8, 4) is 5.69 Å². The number of rotatable bonds is 7. The number of aromatic nitrogens is 4. The second-order valence-corrected chi connectivity index (χ2v) is 7.78. The van der Waals surface area contributed by atoms with E-state index in [1.807, 2.05) is 36.0 Å². The molecule has 7 heteroatoms. The summed E-state index contributed by atoms with van der Waals surface area (Å²) in [6.45, 7) is 4.67. The highest BCUT2D eigenvalue weighted by Gasteiger charge is 2.07. The Bertz CT molecular complexity index is 846. The summed E-state index contributed by atoms with van der Waals surface area (Å²) in [6, 6.07) is 11.9. The lowest BCUT2D eigenvalue weighted by molar-refractivity contribution is -0.120. The van der Waals surface area contributed by atoms with E-state index in [-0.39, 0.29) is 5.91 Å². The standard InChI is InChI=1S/C19H21N5OS/c1-14(2)26-18-7-5-15(6-8-18)10-19(25)21-11-16-13-24(23-22-16)17-4-3-9-20-12-17/h3-9,12-14H,10-11H2,1-2H3,(H,21,25). The van der Waals surface area contributed by atoms with Crippen LogP contribution in [0.4, 0.5) is 0 Å². The van der Waals surface area contributed by atoms with Crippen molar-refractivity contribution in [1.82, 2.24) is 25.3 Å². The van der Waals surface area contributed by atoms with Crippen LogP contribution in [0.2, 0.25) is 0 Å². The number of benzene rings is 1. The molecule has 1 N–H and O–H groups in total. The zero-order chi connectivity index (χ0) is 18.4. The van der Waals surface area contributed by atoms with Crippen LogP contribution in [0, 0.1) is 0 Å². The van der Waals surface area contributed by atoms with Gasteiger partial charge in [-0.2, -0.15) is 0 Å². The monoisotopic (exact) mass is 367 g/mol. The molecule has 0 aliphatic heterocycles. The van der Waals surface area contributed by atoms with Crippen molar-refractivity contribution in [3.63, 3.8) is 0 Å². The minimum atomic E-state index is -0.0369. The minimum Gasteiger partial charge on any atom is -0.350 e. The van der Waals surface area contributed by atoms with Gasteiger partial charge in [-0.3, -0.25) is 9.78 Å². The molecule has 0 unspecified atom stereocenters. The van der Waals surface area contributed by atoms with Crippen LogP contribution in [0.15, 0.2) is 59.9 Å². The van der Waals surface area contributed by atoms with E-state index < -0.39 is 0 Å². The smallest absolute Gasteiger partial charge is 0.224 e. The molecule has 0 bridgehead atoms. The van der Waals surface area contributed by atoms with Crippen LogP contribution in [-0.4, -0.2) is 31.1 Å². The molecule has 0 saturated heterocycles. The van der Waals surface area contributed by atoms with Crippen molar-refractivity contribution in [2.45, 2.75) is 37.0 Å². The summed E-state index contributed by atoms with van der Waals surface area (Å²) in [6.07, 6.45) is 5.55. The van der Waals surface area contributed by atoms with Gasteiger partial charge in [0.15, 0.2) is 0 Å². The van der Waals surface area contributed by atoms with Crippen LogP contribution >= 0.6 is 11.8 Å². The third-order valence-electron chi connectivity index (χ3n) is 3.58. The summed E-state index contributed by atoms with van der Waals surface area (Å²) in [5.74, 6) is -0.0369. The molecule has 1 aromatic carbocycles. The maximum absolute atomic E-state index is 12.1. The first-order chi connectivity index (χ1) is 12.6. The van der Waals surface area contributed by atoms with Gasteiger partial charge < -0.3 is 5.32 Å². The lowest BCUT2D eigenvalue weighted by Gasteiger charge is -2.06.